The number of hydrogen-bond donors (Lipinski definition) is 1. The lowest BCUT2D eigenvalue weighted by Crippen LogP contribution is -2.54. The molecule has 6 rings (SSSR count). The molecule has 0 spiro atoms. The number of carbonyl (C=O) groups is 2. The Bertz CT molecular complexity index is 630. The summed E-state index contributed by atoms with van der Waals surface area (Å²) in [7, 11) is 0. The fraction of sp³-hybridized carbons (Fsp3) is 0.895. The van der Waals surface area contributed by atoms with Gasteiger partial charge in [0.2, 0.25) is 11.8 Å². The summed E-state index contributed by atoms with van der Waals surface area (Å²) in [6.07, 6.45) is 5.42. The first-order valence-corrected chi connectivity index (χ1v) is 10.1. The zero-order valence-electron chi connectivity index (χ0n) is 14.7. The Balaban J connectivity index is 1.08. The molecule has 6 heteroatoms. The number of ether oxygens (including phenoxy) is 1. The number of amides is 2. The maximum Gasteiger partial charge on any atom is 0.243 e. The van der Waals surface area contributed by atoms with Gasteiger partial charge in [-0.2, -0.15) is 0 Å². The summed E-state index contributed by atoms with van der Waals surface area (Å²) in [6, 6.07) is 0.300. The van der Waals surface area contributed by atoms with E-state index in [4.69, 9.17) is 4.74 Å². The van der Waals surface area contributed by atoms with Crippen LogP contribution in [0.4, 0.5) is 0 Å². The van der Waals surface area contributed by atoms with E-state index in [-0.39, 0.29) is 16.9 Å². The summed E-state index contributed by atoms with van der Waals surface area (Å²) in [5.74, 6) is 2.01. The Labute approximate surface area is 148 Å². The highest BCUT2D eigenvalue weighted by Crippen LogP contribution is 2.58. The molecule has 6 aliphatic rings. The van der Waals surface area contributed by atoms with Gasteiger partial charge in [0, 0.05) is 36.9 Å². The Morgan fingerprint density at radius 2 is 1.80 bits per heavy atom. The second-order valence-electron chi connectivity index (χ2n) is 9.34. The molecule has 0 aromatic carbocycles. The molecule has 2 amide bonds. The minimum absolute atomic E-state index is 0.170. The van der Waals surface area contributed by atoms with Crippen LogP contribution < -0.4 is 5.32 Å². The van der Waals surface area contributed by atoms with Crippen molar-refractivity contribution in [3.63, 3.8) is 0 Å². The average molecular weight is 345 g/mol. The van der Waals surface area contributed by atoms with Gasteiger partial charge in [0.1, 0.15) is 5.54 Å². The van der Waals surface area contributed by atoms with Crippen LogP contribution in [0.15, 0.2) is 0 Å². The van der Waals surface area contributed by atoms with Crippen LogP contribution in [0.3, 0.4) is 0 Å². The predicted molar refractivity (Wildman–Crippen MR) is 89.6 cm³/mol. The van der Waals surface area contributed by atoms with Crippen LogP contribution in [-0.4, -0.2) is 72.6 Å². The third-order valence-corrected chi connectivity index (χ3v) is 8.18. The minimum Gasteiger partial charge on any atom is -0.380 e. The third-order valence-electron chi connectivity index (χ3n) is 8.18. The van der Waals surface area contributed by atoms with Crippen LogP contribution in [0.25, 0.3) is 0 Å². The van der Waals surface area contributed by atoms with E-state index in [0.29, 0.717) is 36.3 Å². The van der Waals surface area contributed by atoms with Gasteiger partial charge in [-0.15, -0.1) is 0 Å². The third kappa shape index (κ3) is 1.87. The van der Waals surface area contributed by atoms with Crippen LogP contribution in [0, 0.1) is 23.2 Å². The number of likely N-dealkylation sites (tertiary alicyclic amines) is 1. The topological polar surface area (TPSA) is 61.9 Å². The molecule has 0 bridgehead atoms. The van der Waals surface area contributed by atoms with E-state index in [1.54, 1.807) is 0 Å². The molecule has 1 unspecified atom stereocenters. The summed E-state index contributed by atoms with van der Waals surface area (Å²) in [6.45, 7) is 5.24. The first-order chi connectivity index (χ1) is 12.1. The molecular formula is C19H27N3O3. The van der Waals surface area contributed by atoms with Crippen molar-refractivity contribution in [1.29, 1.82) is 0 Å². The molecule has 136 valence electrons. The lowest BCUT2D eigenvalue weighted by atomic mass is 9.92. The second kappa shape index (κ2) is 4.77. The molecule has 25 heavy (non-hydrogen) atoms. The van der Waals surface area contributed by atoms with E-state index in [1.807, 2.05) is 0 Å². The van der Waals surface area contributed by atoms with E-state index in [0.717, 1.165) is 64.9 Å². The van der Waals surface area contributed by atoms with Crippen molar-refractivity contribution < 1.29 is 14.3 Å². The van der Waals surface area contributed by atoms with E-state index in [1.165, 1.54) is 0 Å². The van der Waals surface area contributed by atoms with Crippen LogP contribution >= 0.6 is 0 Å². The molecular weight excluding hydrogens is 318 g/mol. The number of nitrogens with one attached hydrogen (secondary N) is 1. The number of carbonyl (C=O) groups excluding carboxylic acids is 2. The number of hydrogen-bond acceptors (Lipinski definition) is 4. The van der Waals surface area contributed by atoms with Gasteiger partial charge in [0.15, 0.2) is 0 Å². The van der Waals surface area contributed by atoms with Crippen molar-refractivity contribution in [3.05, 3.63) is 0 Å². The summed E-state index contributed by atoms with van der Waals surface area (Å²) >= 11 is 0. The van der Waals surface area contributed by atoms with Gasteiger partial charge in [-0.25, -0.2) is 0 Å². The highest BCUT2D eigenvalue weighted by Gasteiger charge is 2.66. The lowest BCUT2D eigenvalue weighted by Gasteiger charge is -2.35. The Morgan fingerprint density at radius 3 is 2.40 bits per heavy atom. The second-order valence-corrected chi connectivity index (χ2v) is 9.34. The molecule has 2 saturated carbocycles. The lowest BCUT2D eigenvalue weighted by molar-refractivity contribution is -0.141. The Hall–Kier alpha value is -1.14. The number of fused-ring (bicyclic) bond motifs is 3. The van der Waals surface area contributed by atoms with Gasteiger partial charge in [-0.1, -0.05) is 0 Å². The van der Waals surface area contributed by atoms with E-state index >= 15 is 0 Å². The van der Waals surface area contributed by atoms with Gasteiger partial charge < -0.3 is 15.0 Å². The fourth-order valence-corrected chi connectivity index (χ4v) is 6.45. The zero-order chi connectivity index (χ0) is 16.8. The van der Waals surface area contributed by atoms with E-state index in [9.17, 15) is 9.59 Å². The SMILES string of the molecule is O=C(N1C[C@@H]2C(NC(=O)[C@@]34COC[C@@H]3C4)[C@@H]2C1)C12CCCN1CCC2. The summed E-state index contributed by atoms with van der Waals surface area (Å²) < 4.78 is 5.45. The quantitative estimate of drug-likeness (QED) is 0.795. The fourth-order valence-electron chi connectivity index (χ4n) is 6.45. The molecule has 5 atom stereocenters. The van der Waals surface area contributed by atoms with Gasteiger partial charge >= 0.3 is 0 Å². The van der Waals surface area contributed by atoms with Crippen molar-refractivity contribution in [3.8, 4) is 0 Å². The van der Waals surface area contributed by atoms with Crippen molar-refractivity contribution in [1.82, 2.24) is 15.1 Å². The molecule has 2 aliphatic carbocycles. The maximum absolute atomic E-state index is 13.2. The summed E-state index contributed by atoms with van der Waals surface area (Å²) in [5.41, 5.74) is -0.365. The number of rotatable bonds is 3. The molecule has 4 heterocycles. The number of piperidine rings is 1. The largest absolute Gasteiger partial charge is 0.380 e. The highest BCUT2D eigenvalue weighted by atomic mass is 16.5. The maximum atomic E-state index is 13.2. The smallest absolute Gasteiger partial charge is 0.243 e. The van der Waals surface area contributed by atoms with Crippen LogP contribution in [0.5, 0.6) is 0 Å². The summed E-state index contributed by atoms with van der Waals surface area (Å²) in [5, 5.41) is 3.29. The monoisotopic (exact) mass is 345 g/mol. The van der Waals surface area contributed by atoms with Gasteiger partial charge in [-0.3, -0.25) is 14.5 Å². The molecule has 0 aromatic heterocycles. The Morgan fingerprint density at radius 1 is 1.08 bits per heavy atom. The average Bonchev–Trinajstić information content (AvgIpc) is 3.16. The normalized spacial score (nSPS) is 45.8. The highest BCUT2D eigenvalue weighted by molar-refractivity contribution is 5.89. The van der Waals surface area contributed by atoms with Crippen molar-refractivity contribution in [2.45, 2.75) is 43.7 Å². The van der Waals surface area contributed by atoms with Crippen molar-refractivity contribution in [2.75, 3.05) is 39.4 Å². The minimum atomic E-state index is -0.195. The van der Waals surface area contributed by atoms with Crippen LogP contribution in [-0.2, 0) is 14.3 Å². The first kappa shape index (κ1) is 15.0. The number of nitrogens with zero attached hydrogens (tertiary/aromatic N) is 2. The van der Waals surface area contributed by atoms with Crippen molar-refractivity contribution in [2.24, 2.45) is 23.2 Å². The Kier molecular flexibility index (Phi) is 2.86. The predicted octanol–water partition coefficient (Wildman–Crippen LogP) is 0.224. The molecule has 4 saturated heterocycles. The standard InChI is InChI=1S/C19H27N3O3/c23-16(18-7-12(18)10-25-11-18)20-15-13-8-21(9-14(13)15)17(24)19-3-1-5-22(19)6-2-4-19/h12-15H,1-11H2,(H,20,23)/t12-,13-,14+,15?,18-/m0/s1. The van der Waals surface area contributed by atoms with Crippen LogP contribution in [0.1, 0.15) is 32.1 Å². The van der Waals surface area contributed by atoms with Gasteiger partial charge in [0.25, 0.3) is 0 Å². The van der Waals surface area contributed by atoms with Crippen LogP contribution in [0.2, 0.25) is 0 Å². The molecule has 0 aromatic rings. The van der Waals surface area contributed by atoms with Gasteiger partial charge in [0.05, 0.1) is 18.6 Å². The molecule has 0 radical (unpaired) electrons. The molecule has 6 fully saturated rings. The zero-order valence-corrected chi connectivity index (χ0v) is 14.7. The summed E-state index contributed by atoms with van der Waals surface area (Å²) in [4.78, 5) is 30.3. The molecule has 6 nitrogen and oxygen atoms in total. The van der Waals surface area contributed by atoms with E-state index < -0.39 is 0 Å². The van der Waals surface area contributed by atoms with Gasteiger partial charge in [-0.05, 0) is 45.2 Å². The van der Waals surface area contributed by atoms with E-state index in [2.05, 4.69) is 15.1 Å². The molecule has 1 N–H and O–H groups in total. The van der Waals surface area contributed by atoms with Crippen molar-refractivity contribution >= 4 is 11.8 Å². The first-order valence-electron chi connectivity index (χ1n) is 10.1. The molecule has 4 aliphatic heterocycles.